The third kappa shape index (κ3) is 1.74. The number of hydrogen-bond donors (Lipinski definition) is 0. The van der Waals surface area contributed by atoms with Crippen molar-refractivity contribution in [1.82, 2.24) is 9.78 Å². The Morgan fingerprint density at radius 1 is 1.62 bits per heavy atom. The van der Waals surface area contributed by atoms with Gasteiger partial charge in [0.1, 0.15) is 11.3 Å². The van der Waals surface area contributed by atoms with E-state index in [0.29, 0.717) is 4.68 Å². The van der Waals surface area contributed by atoms with E-state index in [1.807, 2.05) is 0 Å². The number of rotatable bonds is 2. The SMILES string of the molecule is Cn1nc(C(F)F)c(C(=O)Br)c1F. The highest BCUT2D eigenvalue weighted by Crippen LogP contribution is 2.25. The van der Waals surface area contributed by atoms with Crippen molar-refractivity contribution in [3.05, 3.63) is 17.2 Å². The molecule has 1 aromatic rings. The number of alkyl halides is 2. The molecule has 1 heterocycles. The quantitative estimate of drug-likeness (QED) is 0.760. The molecule has 0 amide bonds. The molecule has 0 fully saturated rings. The van der Waals surface area contributed by atoms with Crippen molar-refractivity contribution < 1.29 is 18.0 Å². The number of carbonyl (C=O) groups excluding carboxylic acids is 1. The lowest BCUT2D eigenvalue weighted by Crippen LogP contribution is -1.97. The van der Waals surface area contributed by atoms with Gasteiger partial charge in [-0.1, -0.05) is 0 Å². The van der Waals surface area contributed by atoms with E-state index >= 15 is 0 Å². The van der Waals surface area contributed by atoms with E-state index in [0.717, 1.165) is 7.05 Å². The van der Waals surface area contributed by atoms with E-state index in [-0.39, 0.29) is 0 Å². The van der Waals surface area contributed by atoms with Crippen LogP contribution in [-0.2, 0) is 7.05 Å². The number of aromatic nitrogens is 2. The van der Waals surface area contributed by atoms with Gasteiger partial charge in [0.2, 0.25) is 10.6 Å². The van der Waals surface area contributed by atoms with Gasteiger partial charge in [-0.2, -0.15) is 9.49 Å². The molecule has 0 aromatic carbocycles. The summed E-state index contributed by atoms with van der Waals surface area (Å²) in [5.41, 5.74) is -1.56. The molecule has 0 aliphatic rings. The first-order valence-corrected chi connectivity index (χ1v) is 3.94. The smallest absolute Gasteiger partial charge is 0.281 e. The Hall–Kier alpha value is -0.850. The molecule has 1 aromatic heterocycles. The summed E-state index contributed by atoms with van der Waals surface area (Å²) in [4.78, 5) is 10.7. The van der Waals surface area contributed by atoms with Gasteiger partial charge in [0, 0.05) is 7.05 Å². The molecule has 0 N–H and O–H groups in total. The molecule has 0 unspecified atom stereocenters. The van der Waals surface area contributed by atoms with Crippen LogP contribution in [-0.4, -0.2) is 14.5 Å². The molecule has 1 rings (SSSR count). The second kappa shape index (κ2) is 3.49. The zero-order valence-electron chi connectivity index (χ0n) is 6.39. The van der Waals surface area contributed by atoms with Crippen LogP contribution in [0.1, 0.15) is 22.5 Å². The zero-order chi connectivity index (χ0) is 10.2. The lowest BCUT2D eigenvalue weighted by atomic mass is 10.3. The van der Waals surface area contributed by atoms with Crippen molar-refractivity contribution in [2.75, 3.05) is 0 Å². The van der Waals surface area contributed by atoms with Crippen LogP contribution in [0.2, 0.25) is 0 Å². The number of nitrogens with zero attached hydrogens (tertiary/aromatic N) is 2. The second-order valence-electron chi connectivity index (χ2n) is 2.25. The normalized spacial score (nSPS) is 10.9. The lowest BCUT2D eigenvalue weighted by molar-refractivity contribution is 0.107. The third-order valence-corrected chi connectivity index (χ3v) is 1.80. The van der Waals surface area contributed by atoms with Crippen molar-refractivity contribution in [3.63, 3.8) is 0 Å². The van der Waals surface area contributed by atoms with E-state index < -0.39 is 28.3 Å². The topological polar surface area (TPSA) is 34.9 Å². The summed E-state index contributed by atoms with van der Waals surface area (Å²) < 4.78 is 36.9. The molecule has 0 aliphatic heterocycles. The molecule has 0 radical (unpaired) electrons. The second-order valence-corrected chi connectivity index (χ2v) is 2.97. The van der Waals surface area contributed by atoms with Crippen LogP contribution < -0.4 is 0 Å². The number of aryl methyl sites for hydroxylation is 1. The van der Waals surface area contributed by atoms with Crippen LogP contribution in [0.15, 0.2) is 0 Å². The molecule has 72 valence electrons. The molecule has 0 saturated carbocycles. The van der Waals surface area contributed by atoms with Crippen molar-refractivity contribution in [1.29, 1.82) is 0 Å². The van der Waals surface area contributed by atoms with Crippen LogP contribution in [0.4, 0.5) is 13.2 Å². The fourth-order valence-corrected chi connectivity index (χ4v) is 1.22. The maximum absolute atomic E-state index is 12.9. The predicted molar refractivity (Wildman–Crippen MR) is 41.4 cm³/mol. The molecule has 0 spiro atoms. The van der Waals surface area contributed by atoms with E-state index in [1.54, 1.807) is 0 Å². The molecule has 3 nitrogen and oxygen atoms in total. The van der Waals surface area contributed by atoms with Crippen LogP contribution in [0, 0.1) is 5.95 Å². The Labute approximate surface area is 79.7 Å². The standard InChI is InChI=1S/C6H4BrF3N2O/c1-12-6(10)2(4(7)13)3(11-12)5(8)9/h5H,1H3. The van der Waals surface area contributed by atoms with E-state index in [4.69, 9.17) is 0 Å². The van der Waals surface area contributed by atoms with Gasteiger partial charge in [-0.3, -0.25) is 4.79 Å². The Morgan fingerprint density at radius 3 is 2.46 bits per heavy atom. The highest BCUT2D eigenvalue weighted by Gasteiger charge is 2.26. The average molecular weight is 257 g/mol. The number of halogens is 4. The molecular formula is C6H4BrF3N2O. The predicted octanol–water partition coefficient (Wildman–Crippen LogP) is 2.03. The minimum absolute atomic E-state index is 0.593. The van der Waals surface area contributed by atoms with Crippen molar-refractivity contribution in [3.8, 4) is 0 Å². The van der Waals surface area contributed by atoms with Crippen molar-refractivity contribution in [2.24, 2.45) is 7.05 Å². The summed E-state index contributed by atoms with van der Waals surface area (Å²) in [5.74, 6) is -1.07. The van der Waals surface area contributed by atoms with Gasteiger partial charge in [-0.15, -0.1) is 0 Å². The molecular weight excluding hydrogens is 253 g/mol. The largest absolute Gasteiger partial charge is 0.283 e. The minimum Gasteiger partial charge on any atom is -0.281 e. The van der Waals surface area contributed by atoms with Gasteiger partial charge in [-0.05, 0) is 15.9 Å². The van der Waals surface area contributed by atoms with Gasteiger partial charge in [0.05, 0.1) is 0 Å². The number of hydrogen-bond acceptors (Lipinski definition) is 2. The molecule has 0 atom stereocenters. The first-order chi connectivity index (χ1) is 5.95. The maximum atomic E-state index is 12.9. The van der Waals surface area contributed by atoms with Crippen LogP contribution >= 0.6 is 15.9 Å². The molecule has 0 aliphatic carbocycles. The summed E-state index contributed by atoms with van der Waals surface area (Å²) in [5, 5.41) is 3.17. The summed E-state index contributed by atoms with van der Waals surface area (Å²) in [6.07, 6.45) is -2.97. The summed E-state index contributed by atoms with van der Waals surface area (Å²) in [6.45, 7) is 0. The molecule has 13 heavy (non-hydrogen) atoms. The Balaban J connectivity index is 3.35. The Bertz CT molecular complexity index is 350. The van der Waals surface area contributed by atoms with Crippen LogP contribution in [0.5, 0.6) is 0 Å². The van der Waals surface area contributed by atoms with E-state index in [1.165, 1.54) is 0 Å². The summed E-state index contributed by atoms with van der Waals surface area (Å²) in [7, 11) is 1.14. The van der Waals surface area contributed by atoms with Gasteiger partial charge in [0.25, 0.3) is 6.43 Å². The van der Waals surface area contributed by atoms with Gasteiger partial charge < -0.3 is 0 Å². The molecule has 7 heteroatoms. The fraction of sp³-hybridized carbons (Fsp3) is 0.333. The summed E-state index contributed by atoms with van der Waals surface area (Å²) >= 11 is 2.40. The monoisotopic (exact) mass is 256 g/mol. The first-order valence-electron chi connectivity index (χ1n) is 3.15. The van der Waals surface area contributed by atoms with Gasteiger partial charge >= 0.3 is 0 Å². The molecule has 0 saturated heterocycles. The Morgan fingerprint density at radius 2 is 2.15 bits per heavy atom. The van der Waals surface area contributed by atoms with Gasteiger partial charge in [0.15, 0.2) is 0 Å². The highest BCUT2D eigenvalue weighted by atomic mass is 79.9. The van der Waals surface area contributed by atoms with Gasteiger partial charge in [-0.25, -0.2) is 13.5 Å². The van der Waals surface area contributed by atoms with Crippen LogP contribution in [0.25, 0.3) is 0 Å². The first kappa shape index (κ1) is 10.2. The van der Waals surface area contributed by atoms with Crippen LogP contribution in [0.3, 0.4) is 0 Å². The van der Waals surface area contributed by atoms with E-state index in [9.17, 15) is 18.0 Å². The lowest BCUT2D eigenvalue weighted by Gasteiger charge is -1.93. The minimum atomic E-state index is -2.97. The third-order valence-electron chi connectivity index (χ3n) is 1.41. The molecule has 0 bridgehead atoms. The van der Waals surface area contributed by atoms with E-state index in [2.05, 4.69) is 21.0 Å². The summed E-state index contributed by atoms with van der Waals surface area (Å²) in [6, 6.07) is 0. The average Bonchev–Trinajstić information content (AvgIpc) is 2.28. The van der Waals surface area contributed by atoms with Crippen molar-refractivity contribution in [2.45, 2.75) is 6.43 Å². The zero-order valence-corrected chi connectivity index (χ0v) is 7.98. The Kier molecular flexibility index (Phi) is 2.74. The van der Waals surface area contributed by atoms with Crippen molar-refractivity contribution >= 4 is 20.6 Å². The number of carbonyl (C=O) groups is 1. The highest BCUT2D eigenvalue weighted by molar-refractivity contribution is 9.18. The fourth-order valence-electron chi connectivity index (χ4n) is 0.858. The maximum Gasteiger partial charge on any atom is 0.283 e.